The maximum atomic E-state index is 2.43. The molecule has 0 unspecified atom stereocenters. The summed E-state index contributed by atoms with van der Waals surface area (Å²) in [6.07, 6.45) is 5.27. The second-order valence-corrected chi connectivity index (χ2v) is 5.08. The van der Waals surface area contributed by atoms with Crippen molar-refractivity contribution in [3.05, 3.63) is 21.4 Å². The lowest BCUT2D eigenvalue weighted by molar-refractivity contribution is 1.06. The van der Waals surface area contributed by atoms with Gasteiger partial charge in [-0.1, -0.05) is 20.1 Å². The molecule has 0 aromatic carbocycles. The highest BCUT2D eigenvalue weighted by Crippen LogP contribution is 2.29. The van der Waals surface area contributed by atoms with Crippen LogP contribution in [0.4, 0.5) is 0 Å². The van der Waals surface area contributed by atoms with Crippen LogP contribution in [0.3, 0.4) is 0 Å². The normalized spacial score (nSPS) is 16.3. The predicted molar refractivity (Wildman–Crippen MR) is 57.5 cm³/mol. The van der Waals surface area contributed by atoms with Gasteiger partial charge < -0.3 is 0 Å². The Bertz CT molecular complexity index is 277. The number of aryl methyl sites for hydroxylation is 2. The zero-order valence-electron chi connectivity index (χ0n) is 7.89. The van der Waals surface area contributed by atoms with Crippen molar-refractivity contribution in [3.63, 3.8) is 0 Å². The van der Waals surface area contributed by atoms with Crippen molar-refractivity contribution in [2.45, 2.75) is 39.2 Å². The summed E-state index contributed by atoms with van der Waals surface area (Å²) in [4.78, 5) is 3.25. The van der Waals surface area contributed by atoms with Crippen molar-refractivity contribution in [3.8, 4) is 0 Å². The Hall–Kier alpha value is -0.235. The van der Waals surface area contributed by atoms with E-state index >= 15 is 0 Å². The topological polar surface area (TPSA) is 0 Å². The van der Waals surface area contributed by atoms with Crippen LogP contribution in [0.25, 0.3) is 0 Å². The van der Waals surface area contributed by atoms with E-state index in [1.807, 2.05) is 11.3 Å². The van der Waals surface area contributed by atoms with Gasteiger partial charge in [0.05, 0.1) is 0 Å². The molecule has 0 fully saturated rings. The lowest BCUT2D eigenvalue weighted by Crippen LogP contribution is -2.17. The molecule has 1 aliphatic rings. The molecule has 12 heavy (non-hydrogen) atoms. The molecule has 2 heterocycles. The van der Waals surface area contributed by atoms with Gasteiger partial charge in [0.2, 0.25) is 0 Å². The predicted octanol–water partition coefficient (Wildman–Crippen LogP) is 3.07. The summed E-state index contributed by atoms with van der Waals surface area (Å²) in [5.74, 6) is 0. The summed E-state index contributed by atoms with van der Waals surface area (Å²) in [5.41, 5.74) is 1.65. The van der Waals surface area contributed by atoms with Crippen molar-refractivity contribution in [2.24, 2.45) is 0 Å². The van der Waals surface area contributed by atoms with Crippen LogP contribution in [0.2, 0.25) is 13.1 Å². The van der Waals surface area contributed by atoms with Gasteiger partial charge in [-0.2, -0.15) is 0 Å². The first-order valence-corrected chi connectivity index (χ1v) is 5.71. The Labute approximate surface area is 79.1 Å². The fraction of sp³-hybridized carbons (Fsp3) is 0.600. The van der Waals surface area contributed by atoms with Crippen LogP contribution in [-0.2, 0) is 19.2 Å². The first-order valence-electron chi connectivity index (χ1n) is 4.90. The van der Waals surface area contributed by atoms with E-state index in [1.165, 1.54) is 25.5 Å². The third-order valence-corrected chi connectivity index (χ3v) is 4.11. The van der Waals surface area contributed by atoms with Gasteiger partial charge in [0.15, 0.2) is 0 Å². The number of thiophene rings is 1. The second-order valence-electron chi connectivity index (χ2n) is 3.86. The highest BCUT2D eigenvalue weighted by Gasteiger charge is 2.19. The average Bonchev–Trinajstić information content (AvgIpc) is 2.46. The second kappa shape index (κ2) is 3.25. The van der Waals surface area contributed by atoms with Gasteiger partial charge in [0.1, 0.15) is 6.71 Å². The maximum absolute atomic E-state index is 2.43. The van der Waals surface area contributed by atoms with Crippen LogP contribution in [-0.4, -0.2) is 6.71 Å². The summed E-state index contributed by atoms with van der Waals surface area (Å²) < 4.78 is 0. The first-order chi connectivity index (χ1) is 5.79. The van der Waals surface area contributed by atoms with E-state index in [2.05, 4.69) is 19.8 Å². The van der Waals surface area contributed by atoms with Gasteiger partial charge in [-0.25, -0.2) is 0 Å². The Morgan fingerprint density at radius 3 is 3.17 bits per heavy atom. The van der Waals surface area contributed by atoms with Gasteiger partial charge in [-0.3, -0.25) is 0 Å². The molecule has 1 aromatic heterocycles. The molecule has 0 atom stereocenters. The molecule has 2 heteroatoms. The quantitative estimate of drug-likeness (QED) is 0.579. The standard InChI is InChI=1S/C10H15BS/c1-3-9-6-8-7-11(2)5-4-10(8)12-9/h6H,3-5,7H2,1-2H3. The number of hydrogen-bond acceptors (Lipinski definition) is 1. The Balaban J connectivity index is 2.28. The molecule has 0 aliphatic carbocycles. The minimum atomic E-state index is 0.914. The first kappa shape index (κ1) is 8.37. The largest absolute Gasteiger partial charge is 0.145 e. The molecule has 0 saturated carbocycles. The third kappa shape index (κ3) is 1.45. The summed E-state index contributed by atoms with van der Waals surface area (Å²) in [5, 5.41) is 0. The number of fused-ring (bicyclic) bond motifs is 1. The Morgan fingerprint density at radius 1 is 1.58 bits per heavy atom. The molecular weight excluding hydrogens is 163 g/mol. The van der Waals surface area contributed by atoms with Gasteiger partial charge in [-0.15, -0.1) is 11.3 Å². The molecule has 0 N–H and O–H groups in total. The minimum absolute atomic E-state index is 0.914. The molecule has 2 rings (SSSR count). The zero-order valence-corrected chi connectivity index (χ0v) is 8.71. The minimum Gasteiger partial charge on any atom is -0.145 e. The van der Waals surface area contributed by atoms with E-state index in [0.717, 1.165) is 6.71 Å². The monoisotopic (exact) mass is 178 g/mol. The van der Waals surface area contributed by atoms with Crippen LogP contribution in [0.15, 0.2) is 6.07 Å². The van der Waals surface area contributed by atoms with Crippen LogP contribution >= 0.6 is 11.3 Å². The van der Waals surface area contributed by atoms with E-state index in [-0.39, 0.29) is 0 Å². The highest BCUT2D eigenvalue weighted by molar-refractivity contribution is 7.12. The molecule has 0 amide bonds. The summed E-state index contributed by atoms with van der Waals surface area (Å²) in [7, 11) is 0. The molecule has 0 nitrogen and oxygen atoms in total. The van der Waals surface area contributed by atoms with Crippen molar-refractivity contribution in [2.75, 3.05) is 0 Å². The molecule has 0 spiro atoms. The van der Waals surface area contributed by atoms with E-state index in [0.29, 0.717) is 0 Å². The van der Waals surface area contributed by atoms with Crippen molar-refractivity contribution >= 4 is 18.0 Å². The number of hydrogen-bond donors (Lipinski definition) is 0. The molecule has 0 saturated heterocycles. The summed E-state index contributed by atoms with van der Waals surface area (Å²) in [6.45, 7) is 5.53. The number of rotatable bonds is 1. The summed E-state index contributed by atoms with van der Waals surface area (Å²) in [6, 6.07) is 2.43. The molecule has 0 radical (unpaired) electrons. The molecule has 64 valence electrons. The lowest BCUT2D eigenvalue weighted by Gasteiger charge is -2.14. The van der Waals surface area contributed by atoms with Crippen molar-refractivity contribution < 1.29 is 0 Å². The fourth-order valence-electron chi connectivity index (χ4n) is 1.94. The van der Waals surface area contributed by atoms with E-state index in [1.54, 1.807) is 15.3 Å². The Morgan fingerprint density at radius 2 is 2.42 bits per heavy atom. The SMILES string of the molecule is CCc1cc2c(s1)CCB(C)C2. The van der Waals surface area contributed by atoms with Gasteiger partial charge in [-0.05, 0) is 30.8 Å². The van der Waals surface area contributed by atoms with Crippen molar-refractivity contribution in [1.29, 1.82) is 0 Å². The van der Waals surface area contributed by atoms with Gasteiger partial charge in [0, 0.05) is 9.75 Å². The smallest absolute Gasteiger partial charge is 0.141 e. The zero-order chi connectivity index (χ0) is 8.55. The van der Waals surface area contributed by atoms with E-state index in [9.17, 15) is 0 Å². The highest BCUT2D eigenvalue weighted by atomic mass is 32.1. The van der Waals surface area contributed by atoms with Gasteiger partial charge >= 0.3 is 0 Å². The molecular formula is C10H15BS. The maximum Gasteiger partial charge on any atom is 0.141 e. The van der Waals surface area contributed by atoms with Crippen LogP contribution in [0, 0.1) is 0 Å². The van der Waals surface area contributed by atoms with E-state index < -0.39 is 0 Å². The lowest BCUT2D eigenvalue weighted by atomic mass is 9.43. The fourth-order valence-corrected chi connectivity index (χ4v) is 3.10. The molecule has 1 aliphatic heterocycles. The van der Waals surface area contributed by atoms with Crippen molar-refractivity contribution in [1.82, 2.24) is 0 Å². The van der Waals surface area contributed by atoms with Crippen LogP contribution in [0.1, 0.15) is 22.2 Å². The molecule has 1 aromatic rings. The van der Waals surface area contributed by atoms with Crippen LogP contribution < -0.4 is 0 Å². The summed E-state index contributed by atoms with van der Waals surface area (Å²) >= 11 is 2.04. The Kier molecular flexibility index (Phi) is 2.27. The van der Waals surface area contributed by atoms with Crippen LogP contribution in [0.5, 0.6) is 0 Å². The average molecular weight is 178 g/mol. The van der Waals surface area contributed by atoms with Gasteiger partial charge in [0.25, 0.3) is 0 Å². The van der Waals surface area contributed by atoms with E-state index in [4.69, 9.17) is 0 Å². The molecule has 0 bridgehead atoms. The third-order valence-electron chi connectivity index (χ3n) is 2.73.